The third-order valence-electron chi connectivity index (χ3n) is 1.84. The molecule has 0 aliphatic rings. The molecular formula is C9H5BrClN3O2. The fourth-order valence-electron chi connectivity index (χ4n) is 1.25. The van der Waals surface area contributed by atoms with E-state index < -0.39 is 6.09 Å². The lowest BCUT2D eigenvalue weighted by molar-refractivity contribution is 0.209. The zero-order valence-electron chi connectivity index (χ0n) is 7.74. The molecule has 0 aliphatic heterocycles. The molecular weight excluding hydrogens is 297 g/mol. The molecule has 16 heavy (non-hydrogen) atoms. The number of nitrogens with one attached hydrogen (secondary N) is 1. The molecule has 0 bridgehead atoms. The lowest BCUT2D eigenvalue weighted by Gasteiger charge is -2.03. The number of anilines is 1. The summed E-state index contributed by atoms with van der Waals surface area (Å²) in [5.41, 5.74) is 0.529. The van der Waals surface area contributed by atoms with Crippen molar-refractivity contribution in [1.29, 1.82) is 0 Å². The molecule has 7 heteroatoms. The van der Waals surface area contributed by atoms with Gasteiger partial charge in [-0.1, -0.05) is 27.5 Å². The van der Waals surface area contributed by atoms with E-state index in [9.17, 15) is 4.79 Å². The van der Waals surface area contributed by atoms with Crippen molar-refractivity contribution in [1.82, 2.24) is 10.2 Å². The second kappa shape index (κ2) is 4.23. The van der Waals surface area contributed by atoms with E-state index in [4.69, 9.17) is 16.7 Å². The van der Waals surface area contributed by atoms with Gasteiger partial charge in [-0.15, -0.1) is 10.2 Å². The van der Waals surface area contributed by atoms with Crippen LogP contribution in [0.25, 0.3) is 10.9 Å². The number of fused-ring (bicyclic) bond motifs is 1. The van der Waals surface area contributed by atoms with Gasteiger partial charge in [-0.3, -0.25) is 5.32 Å². The summed E-state index contributed by atoms with van der Waals surface area (Å²) in [4.78, 5) is 10.4. The molecule has 0 radical (unpaired) electrons. The second-order valence-electron chi connectivity index (χ2n) is 2.99. The highest BCUT2D eigenvalue weighted by Gasteiger charge is 2.06. The van der Waals surface area contributed by atoms with E-state index in [0.717, 1.165) is 4.47 Å². The highest BCUT2D eigenvalue weighted by Crippen LogP contribution is 2.27. The van der Waals surface area contributed by atoms with Crippen LogP contribution < -0.4 is 5.32 Å². The summed E-state index contributed by atoms with van der Waals surface area (Å²) < 4.78 is 0.791. The molecule has 1 heterocycles. The number of nitrogens with zero attached hydrogens (tertiary/aromatic N) is 2. The number of rotatable bonds is 1. The first kappa shape index (κ1) is 11.1. The van der Waals surface area contributed by atoms with Crippen LogP contribution in [0.1, 0.15) is 0 Å². The van der Waals surface area contributed by atoms with E-state index in [1.54, 1.807) is 18.2 Å². The lowest BCUT2D eigenvalue weighted by Crippen LogP contribution is -2.09. The van der Waals surface area contributed by atoms with Crippen LogP contribution in [0.5, 0.6) is 0 Å². The van der Waals surface area contributed by atoms with Crippen LogP contribution in [0.2, 0.25) is 5.02 Å². The molecule has 0 saturated carbocycles. The molecule has 1 aromatic carbocycles. The van der Waals surface area contributed by atoms with Crippen molar-refractivity contribution < 1.29 is 9.90 Å². The second-order valence-corrected chi connectivity index (χ2v) is 4.31. The molecule has 0 saturated heterocycles. The molecule has 1 aromatic heterocycles. The van der Waals surface area contributed by atoms with Gasteiger partial charge in [0, 0.05) is 9.86 Å². The molecule has 2 N–H and O–H groups in total. The minimum atomic E-state index is -1.19. The van der Waals surface area contributed by atoms with Crippen molar-refractivity contribution in [3.63, 3.8) is 0 Å². The van der Waals surface area contributed by atoms with Gasteiger partial charge in [0.05, 0.1) is 5.02 Å². The van der Waals surface area contributed by atoms with Crippen molar-refractivity contribution in [3.8, 4) is 0 Å². The monoisotopic (exact) mass is 301 g/mol. The summed E-state index contributed by atoms with van der Waals surface area (Å²) in [6.45, 7) is 0. The Kier molecular flexibility index (Phi) is 2.93. The van der Waals surface area contributed by atoms with Crippen LogP contribution in [0.4, 0.5) is 10.6 Å². The zero-order chi connectivity index (χ0) is 11.7. The maximum absolute atomic E-state index is 10.4. The summed E-state index contributed by atoms with van der Waals surface area (Å²) in [6, 6.07) is 5.04. The van der Waals surface area contributed by atoms with Crippen molar-refractivity contribution >= 4 is 50.3 Å². The maximum Gasteiger partial charge on any atom is 0.410 e. The van der Waals surface area contributed by atoms with Gasteiger partial charge in [0.1, 0.15) is 5.52 Å². The predicted molar refractivity (Wildman–Crippen MR) is 63.9 cm³/mol. The van der Waals surface area contributed by atoms with Crippen LogP contribution in [-0.4, -0.2) is 21.4 Å². The minimum absolute atomic E-state index is 0.161. The Balaban J connectivity index is 2.57. The third kappa shape index (κ3) is 2.23. The number of aromatic nitrogens is 2. The van der Waals surface area contributed by atoms with Gasteiger partial charge in [-0.05, 0) is 18.2 Å². The van der Waals surface area contributed by atoms with Crippen LogP contribution >= 0.6 is 27.5 Å². The molecule has 82 valence electrons. The molecule has 0 aliphatic carbocycles. The van der Waals surface area contributed by atoms with Gasteiger partial charge in [-0.2, -0.15) is 0 Å². The van der Waals surface area contributed by atoms with Gasteiger partial charge in [-0.25, -0.2) is 4.79 Å². The normalized spacial score (nSPS) is 10.4. The number of carbonyl (C=O) groups is 1. The maximum atomic E-state index is 10.4. The van der Waals surface area contributed by atoms with Crippen LogP contribution in [0.3, 0.4) is 0 Å². The SMILES string of the molecule is O=C(O)Nc1cc2cc(Br)cc(Cl)c2nn1. The quantitative estimate of drug-likeness (QED) is 0.848. The first-order valence-corrected chi connectivity index (χ1v) is 5.36. The smallest absolute Gasteiger partial charge is 0.410 e. The average molecular weight is 303 g/mol. The molecule has 0 spiro atoms. The molecule has 0 unspecified atom stereocenters. The van der Waals surface area contributed by atoms with E-state index in [1.807, 2.05) is 0 Å². The van der Waals surface area contributed by atoms with Crippen LogP contribution in [-0.2, 0) is 0 Å². The zero-order valence-corrected chi connectivity index (χ0v) is 10.1. The number of hydrogen-bond donors (Lipinski definition) is 2. The number of hydrogen-bond acceptors (Lipinski definition) is 3. The molecule has 2 rings (SSSR count). The van der Waals surface area contributed by atoms with Crippen LogP contribution in [0.15, 0.2) is 22.7 Å². The number of halogens is 2. The van der Waals surface area contributed by atoms with E-state index in [2.05, 4.69) is 31.4 Å². The van der Waals surface area contributed by atoms with E-state index in [0.29, 0.717) is 15.9 Å². The Hall–Kier alpha value is -1.40. The average Bonchev–Trinajstić information content (AvgIpc) is 2.15. The predicted octanol–water partition coefficient (Wildman–Crippen LogP) is 3.14. The Bertz CT molecular complexity index is 576. The van der Waals surface area contributed by atoms with E-state index in [-0.39, 0.29) is 5.82 Å². The van der Waals surface area contributed by atoms with Crippen molar-refractivity contribution in [3.05, 3.63) is 27.7 Å². The molecule has 0 atom stereocenters. The number of benzene rings is 1. The number of carboxylic acid groups (broad SMARTS) is 1. The van der Waals surface area contributed by atoms with Crippen molar-refractivity contribution in [2.75, 3.05) is 5.32 Å². The summed E-state index contributed by atoms with van der Waals surface area (Å²) in [7, 11) is 0. The highest BCUT2D eigenvalue weighted by molar-refractivity contribution is 9.10. The standard InChI is InChI=1S/C9H5BrClN3O2/c10-5-1-4-2-7(12-9(15)16)13-14-8(4)6(11)3-5/h1-3H,(H,12,13)(H,15,16). The van der Waals surface area contributed by atoms with Gasteiger partial charge in [0.25, 0.3) is 0 Å². The molecule has 5 nitrogen and oxygen atoms in total. The first-order chi connectivity index (χ1) is 7.56. The topological polar surface area (TPSA) is 75.1 Å². The van der Waals surface area contributed by atoms with Gasteiger partial charge < -0.3 is 5.11 Å². The third-order valence-corrected chi connectivity index (χ3v) is 2.59. The van der Waals surface area contributed by atoms with Gasteiger partial charge in [0.2, 0.25) is 0 Å². The van der Waals surface area contributed by atoms with Crippen molar-refractivity contribution in [2.45, 2.75) is 0 Å². The largest absolute Gasteiger partial charge is 0.465 e. The Labute approximate surface area is 104 Å². The van der Waals surface area contributed by atoms with Crippen LogP contribution in [0, 0.1) is 0 Å². The van der Waals surface area contributed by atoms with E-state index in [1.165, 1.54) is 0 Å². The minimum Gasteiger partial charge on any atom is -0.465 e. The Morgan fingerprint density at radius 1 is 1.38 bits per heavy atom. The summed E-state index contributed by atoms with van der Waals surface area (Å²) in [5.74, 6) is 0.161. The number of amides is 1. The highest BCUT2D eigenvalue weighted by atomic mass is 79.9. The first-order valence-electron chi connectivity index (χ1n) is 4.18. The fourth-order valence-corrected chi connectivity index (χ4v) is 2.12. The molecule has 1 amide bonds. The Morgan fingerprint density at radius 3 is 2.81 bits per heavy atom. The van der Waals surface area contributed by atoms with E-state index >= 15 is 0 Å². The van der Waals surface area contributed by atoms with Gasteiger partial charge in [0.15, 0.2) is 5.82 Å². The molecule has 0 fully saturated rings. The van der Waals surface area contributed by atoms with Gasteiger partial charge >= 0.3 is 6.09 Å². The Morgan fingerprint density at radius 2 is 2.12 bits per heavy atom. The summed E-state index contributed by atoms with van der Waals surface area (Å²) >= 11 is 9.24. The lowest BCUT2D eigenvalue weighted by atomic mass is 10.2. The fraction of sp³-hybridized carbons (Fsp3) is 0. The summed E-state index contributed by atoms with van der Waals surface area (Å²) in [5, 5.41) is 19.4. The van der Waals surface area contributed by atoms with Crippen molar-refractivity contribution in [2.24, 2.45) is 0 Å². The molecule has 2 aromatic rings. The summed E-state index contributed by atoms with van der Waals surface area (Å²) in [6.07, 6.45) is -1.19.